The molecule has 2 aromatic heterocycles. The smallest absolute Gasteiger partial charge is 0.352 e. The highest BCUT2D eigenvalue weighted by molar-refractivity contribution is 5.95. The van der Waals surface area contributed by atoms with Crippen molar-refractivity contribution in [2.24, 2.45) is 7.05 Å². The highest BCUT2D eigenvalue weighted by Gasteiger charge is 2.35. The summed E-state index contributed by atoms with van der Waals surface area (Å²) in [6.07, 6.45) is -2.57. The Morgan fingerprint density at radius 3 is 2.74 bits per heavy atom. The molecule has 0 bridgehead atoms. The first-order valence-electron chi connectivity index (χ1n) is 9.58. The van der Waals surface area contributed by atoms with Crippen molar-refractivity contribution in [3.05, 3.63) is 65.1 Å². The second kappa shape index (κ2) is 7.86. The summed E-state index contributed by atoms with van der Waals surface area (Å²) in [6, 6.07) is 9.15. The summed E-state index contributed by atoms with van der Waals surface area (Å²) in [7, 11) is 1.64. The fourth-order valence-corrected chi connectivity index (χ4v) is 3.35. The number of aromatic amines is 1. The van der Waals surface area contributed by atoms with Crippen molar-refractivity contribution in [3.63, 3.8) is 0 Å². The van der Waals surface area contributed by atoms with Crippen LogP contribution in [0, 0.1) is 0 Å². The monoisotopic (exact) mass is 428 g/mol. The number of aryl methyl sites for hydroxylation is 1. The Balaban J connectivity index is 1.70. The number of carbonyl (C=O) groups excluding carboxylic acids is 1. The maximum atomic E-state index is 13.7. The van der Waals surface area contributed by atoms with Gasteiger partial charge in [-0.2, -0.15) is 23.4 Å². The quantitative estimate of drug-likeness (QED) is 0.507. The third-order valence-corrected chi connectivity index (χ3v) is 4.89. The largest absolute Gasteiger partial charge is 0.417 e. The molecule has 4 aromatic rings. The summed E-state index contributed by atoms with van der Waals surface area (Å²) in [6.45, 7) is 2.01. The van der Waals surface area contributed by atoms with E-state index < -0.39 is 17.6 Å². The SMILES string of the molecule is CCNC(=O)c1ccc(-c2nc(Cc3ccc4[nH]ncc4c3)n(C)n2)c(C(F)(F)F)c1. The van der Waals surface area contributed by atoms with Gasteiger partial charge in [-0.3, -0.25) is 14.6 Å². The Hall–Kier alpha value is -3.69. The molecule has 0 radical (unpaired) electrons. The van der Waals surface area contributed by atoms with Gasteiger partial charge in [0.15, 0.2) is 5.82 Å². The molecule has 2 heterocycles. The lowest BCUT2D eigenvalue weighted by atomic mass is 10.0. The minimum Gasteiger partial charge on any atom is -0.352 e. The third kappa shape index (κ3) is 4.14. The zero-order valence-electron chi connectivity index (χ0n) is 16.8. The standard InChI is InChI=1S/C21H19F3N6O/c1-3-25-20(31)13-5-6-15(16(10-13)21(22,23)24)19-27-18(30(2)29-19)9-12-4-7-17-14(8-12)11-26-28-17/h4-8,10-11H,3,9H2,1-2H3,(H,25,31)(H,26,28). The number of H-pyrrole nitrogens is 1. The minimum absolute atomic E-state index is 0.0448. The molecule has 0 spiro atoms. The molecule has 7 nitrogen and oxygen atoms in total. The van der Waals surface area contributed by atoms with Crippen LogP contribution in [0.1, 0.15) is 34.2 Å². The number of nitrogens with one attached hydrogen (secondary N) is 2. The van der Waals surface area contributed by atoms with E-state index in [0.29, 0.717) is 18.8 Å². The van der Waals surface area contributed by atoms with Crippen molar-refractivity contribution in [1.82, 2.24) is 30.3 Å². The van der Waals surface area contributed by atoms with Crippen molar-refractivity contribution >= 4 is 16.8 Å². The van der Waals surface area contributed by atoms with Crippen LogP contribution >= 0.6 is 0 Å². The summed E-state index contributed by atoms with van der Waals surface area (Å²) in [5, 5.41) is 14.5. The predicted octanol–water partition coefficient (Wildman–Crippen LogP) is 3.72. The zero-order chi connectivity index (χ0) is 22.2. The van der Waals surface area contributed by atoms with E-state index in [1.165, 1.54) is 16.8 Å². The highest BCUT2D eigenvalue weighted by atomic mass is 19.4. The van der Waals surface area contributed by atoms with E-state index in [1.807, 2.05) is 18.2 Å². The molecule has 31 heavy (non-hydrogen) atoms. The van der Waals surface area contributed by atoms with E-state index in [2.05, 4.69) is 25.6 Å². The van der Waals surface area contributed by atoms with Crippen molar-refractivity contribution in [2.45, 2.75) is 19.5 Å². The van der Waals surface area contributed by atoms with Gasteiger partial charge in [-0.25, -0.2) is 4.98 Å². The van der Waals surface area contributed by atoms with E-state index in [-0.39, 0.29) is 17.0 Å². The predicted molar refractivity (Wildman–Crippen MR) is 108 cm³/mol. The van der Waals surface area contributed by atoms with Crippen molar-refractivity contribution < 1.29 is 18.0 Å². The van der Waals surface area contributed by atoms with Crippen LogP contribution in [0.25, 0.3) is 22.3 Å². The van der Waals surface area contributed by atoms with E-state index in [1.54, 1.807) is 20.2 Å². The van der Waals surface area contributed by atoms with Gasteiger partial charge in [-0.05, 0) is 42.8 Å². The first-order valence-corrected chi connectivity index (χ1v) is 9.58. The molecule has 0 saturated carbocycles. The van der Waals surface area contributed by atoms with Crippen molar-refractivity contribution in [1.29, 1.82) is 0 Å². The maximum absolute atomic E-state index is 13.7. The molecule has 160 valence electrons. The van der Waals surface area contributed by atoms with Gasteiger partial charge in [-0.1, -0.05) is 6.07 Å². The Labute approximate surface area is 175 Å². The summed E-state index contributed by atoms with van der Waals surface area (Å²) >= 11 is 0. The van der Waals surface area contributed by atoms with E-state index in [9.17, 15) is 18.0 Å². The normalized spacial score (nSPS) is 11.8. The number of nitrogens with zero attached hydrogens (tertiary/aromatic N) is 4. The van der Waals surface area contributed by atoms with Gasteiger partial charge in [0.05, 0.1) is 17.3 Å². The molecule has 0 atom stereocenters. The minimum atomic E-state index is -4.66. The average Bonchev–Trinajstić information content (AvgIpc) is 3.33. The number of rotatable bonds is 5. The van der Waals surface area contributed by atoms with Gasteiger partial charge in [-0.15, -0.1) is 0 Å². The summed E-state index contributed by atoms with van der Waals surface area (Å²) in [5.74, 6) is -0.0979. The molecule has 0 fully saturated rings. The van der Waals surface area contributed by atoms with Gasteiger partial charge in [0.2, 0.25) is 0 Å². The van der Waals surface area contributed by atoms with Crippen molar-refractivity contribution in [2.75, 3.05) is 6.54 Å². The van der Waals surface area contributed by atoms with Crippen LogP contribution in [-0.2, 0) is 19.6 Å². The molecule has 4 rings (SSSR count). The van der Waals surface area contributed by atoms with E-state index >= 15 is 0 Å². The molecule has 0 aliphatic heterocycles. The number of hydrogen-bond donors (Lipinski definition) is 2. The van der Waals surface area contributed by atoms with Crippen LogP contribution < -0.4 is 5.32 Å². The fraction of sp³-hybridized carbons (Fsp3) is 0.238. The number of benzene rings is 2. The lowest BCUT2D eigenvalue weighted by Gasteiger charge is -2.12. The van der Waals surface area contributed by atoms with Crippen LogP contribution in [0.15, 0.2) is 42.6 Å². The molecule has 1 amide bonds. The number of halogens is 3. The number of aromatic nitrogens is 5. The number of amides is 1. The number of hydrogen-bond acceptors (Lipinski definition) is 4. The Kier molecular flexibility index (Phi) is 5.22. The summed E-state index contributed by atoms with van der Waals surface area (Å²) in [4.78, 5) is 16.3. The number of fused-ring (bicyclic) bond motifs is 1. The topological polar surface area (TPSA) is 88.5 Å². The van der Waals surface area contributed by atoms with Crippen LogP contribution in [0.4, 0.5) is 13.2 Å². The molecular formula is C21H19F3N6O. The molecule has 0 saturated heterocycles. The van der Waals surface area contributed by atoms with Gasteiger partial charge in [0.25, 0.3) is 5.91 Å². The average molecular weight is 428 g/mol. The van der Waals surface area contributed by atoms with Gasteiger partial charge >= 0.3 is 6.18 Å². The number of carbonyl (C=O) groups is 1. The molecule has 2 N–H and O–H groups in total. The maximum Gasteiger partial charge on any atom is 0.417 e. The Bertz CT molecular complexity index is 1260. The van der Waals surface area contributed by atoms with E-state index in [0.717, 1.165) is 22.5 Å². The zero-order valence-corrected chi connectivity index (χ0v) is 16.8. The van der Waals surface area contributed by atoms with Crippen LogP contribution in [0.5, 0.6) is 0 Å². The molecule has 0 aliphatic carbocycles. The molecule has 0 unspecified atom stereocenters. The first-order chi connectivity index (χ1) is 14.8. The number of alkyl halides is 3. The summed E-state index contributed by atoms with van der Waals surface area (Å²) < 4.78 is 42.7. The van der Waals surface area contributed by atoms with Crippen LogP contribution in [0.2, 0.25) is 0 Å². The molecule has 2 aromatic carbocycles. The summed E-state index contributed by atoms with van der Waals surface area (Å²) in [5.41, 5.74) is 0.631. The van der Waals surface area contributed by atoms with Gasteiger partial charge in [0.1, 0.15) is 5.82 Å². The lowest BCUT2D eigenvalue weighted by Crippen LogP contribution is -2.23. The Morgan fingerprint density at radius 2 is 2.00 bits per heavy atom. The van der Waals surface area contributed by atoms with Crippen LogP contribution in [0.3, 0.4) is 0 Å². The molecule has 0 aliphatic rings. The fourth-order valence-electron chi connectivity index (χ4n) is 3.35. The second-order valence-corrected chi connectivity index (χ2v) is 7.06. The van der Waals surface area contributed by atoms with Crippen molar-refractivity contribution in [3.8, 4) is 11.4 Å². The molecule has 10 heteroatoms. The lowest BCUT2D eigenvalue weighted by molar-refractivity contribution is -0.137. The third-order valence-electron chi connectivity index (χ3n) is 4.89. The molecular weight excluding hydrogens is 409 g/mol. The Morgan fingerprint density at radius 1 is 1.19 bits per heavy atom. The van der Waals surface area contributed by atoms with Gasteiger partial charge < -0.3 is 5.32 Å². The van der Waals surface area contributed by atoms with Gasteiger partial charge in [0, 0.05) is 36.5 Å². The second-order valence-electron chi connectivity index (χ2n) is 7.06. The highest BCUT2D eigenvalue weighted by Crippen LogP contribution is 2.37. The van der Waals surface area contributed by atoms with Crippen LogP contribution in [-0.4, -0.2) is 37.4 Å². The van der Waals surface area contributed by atoms with E-state index in [4.69, 9.17) is 0 Å². The first kappa shape index (κ1) is 20.6.